The maximum absolute atomic E-state index is 12.8. The van der Waals surface area contributed by atoms with E-state index in [1.54, 1.807) is 0 Å². The average Bonchev–Trinajstić information content (AvgIpc) is 2.27. The van der Waals surface area contributed by atoms with Crippen molar-refractivity contribution in [1.82, 2.24) is 5.32 Å². The molecule has 0 saturated heterocycles. The van der Waals surface area contributed by atoms with Crippen LogP contribution in [-0.4, -0.2) is 48.1 Å². The van der Waals surface area contributed by atoms with Gasteiger partial charge in [0.1, 0.15) is 0 Å². The van der Waals surface area contributed by atoms with Gasteiger partial charge in [-0.1, -0.05) is 0 Å². The highest BCUT2D eigenvalue weighted by atomic mass is 19.4. The highest BCUT2D eigenvalue weighted by molar-refractivity contribution is 5.84. The molecule has 0 fully saturated rings. The Labute approximate surface area is 105 Å². The Morgan fingerprint density at radius 1 is 0.900 bits per heavy atom. The molecule has 0 aromatic carbocycles. The number of aliphatic hydroxyl groups is 1. The second kappa shape index (κ2) is 5.66. The van der Waals surface area contributed by atoms with Gasteiger partial charge in [-0.05, 0) is 6.42 Å². The Balaban J connectivity index is 5.30. The van der Waals surface area contributed by atoms with Crippen LogP contribution < -0.4 is 5.32 Å². The van der Waals surface area contributed by atoms with Gasteiger partial charge in [-0.25, -0.2) is 0 Å². The molecule has 0 aliphatic carbocycles. The van der Waals surface area contributed by atoms with E-state index in [9.17, 15) is 44.3 Å². The molecule has 12 heteroatoms. The van der Waals surface area contributed by atoms with Gasteiger partial charge < -0.3 is 10.4 Å². The minimum atomic E-state index is -7.10. The van der Waals surface area contributed by atoms with E-state index < -0.39 is 43.0 Å². The number of nitrogens with one attached hydrogen (secondary N) is 1. The Morgan fingerprint density at radius 3 is 1.70 bits per heavy atom. The van der Waals surface area contributed by atoms with Crippen LogP contribution >= 0.6 is 0 Å². The van der Waals surface area contributed by atoms with Gasteiger partial charge >= 0.3 is 23.9 Å². The molecule has 0 atom stereocenters. The molecule has 0 saturated carbocycles. The van der Waals surface area contributed by atoms with E-state index in [1.807, 2.05) is 0 Å². The predicted octanol–water partition coefficient (Wildman–Crippen LogP) is 1.95. The summed E-state index contributed by atoms with van der Waals surface area (Å²) in [6.07, 6.45) is -7.35. The zero-order valence-corrected chi connectivity index (χ0v) is 9.38. The first-order chi connectivity index (χ1) is 8.73. The van der Waals surface area contributed by atoms with Gasteiger partial charge in [-0.3, -0.25) is 4.79 Å². The van der Waals surface area contributed by atoms with Crippen molar-refractivity contribution < 1.29 is 49.4 Å². The first kappa shape index (κ1) is 18.8. The van der Waals surface area contributed by atoms with Crippen LogP contribution in [0.15, 0.2) is 0 Å². The van der Waals surface area contributed by atoms with Crippen LogP contribution in [0.1, 0.15) is 6.42 Å². The van der Waals surface area contributed by atoms with Crippen LogP contribution in [0.5, 0.6) is 0 Å². The highest BCUT2D eigenvalue weighted by Crippen LogP contribution is 2.53. The van der Waals surface area contributed by atoms with Crippen LogP contribution in [0.25, 0.3) is 0 Å². The molecule has 20 heavy (non-hydrogen) atoms. The van der Waals surface area contributed by atoms with Crippen molar-refractivity contribution in [3.63, 3.8) is 0 Å². The fraction of sp³-hybridized carbons (Fsp3) is 0.875. The zero-order chi connectivity index (χ0) is 16.4. The lowest BCUT2D eigenvalue weighted by Crippen LogP contribution is -2.65. The highest BCUT2D eigenvalue weighted by Gasteiger charge is 2.83. The molecule has 0 rings (SSSR count). The van der Waals surface area contributed by atoms with Crippen molar-refractivity contribution in [1.29, 1.82) is 0 Å². The summed E-state index contributed by atoms with van der Waals surface area (Å²) in [5.41, 5.74) is 0. The van der Waals surface area contributed by atoms with Crippen molar-refractivity contribution >= 4 is 5.91 Å². The van der Waals surface area contributed by atoms with Crippen molar-refractivity contribution in [2.24, 2.45) is 0 Å². The lowest BCUT2D eigenvalue weighted by atomic mass is 10.0. The Hall–Kier alpha value is -1.20. The quantitative estimate of drug-likeness (QED) is 0.580. The molecule has 0 aromatic heterocycles. The number of hydrogen-bond acceptors (Lipinski definition) is 2. The number of carbonyl (C=O) groups is 1. The minimum absolute atomic E-state index is 0.386. The van der Waals surface area contributed by atoms with Crippen LogP contribution in [0, 0.1) is 0 Å². The summed E-state index contributed by atoms with van der Waals surface area (Å²) < 4.78 is 111. The summed E-state index contributed by atoms with van der Waals surface area (Å²) in [7, 11) is 0. The summed E-state index contributed by atoms with van der Waals surface area (Å²) in [6, 6.07) is 0. The summed E-state index contributed by atoms with van der Waals surface area (Å²) in [6.45, 7) is -1.46. The van der Waals surface area contributed by atoms with E-state index in [4.69, 9.17) is 5.11 Å². The molecule has 0 aromatic rings. The molecular formula is C8H8F9NO2. The van der Waals surface area contributed by atoms with Crippen LogP contribution in [0.2, 0.25) is 0 Å². The average molecular weight is 321 g/mol. The zero-order valence-electron chi connectivity index (χ0n) is 9.38. The smallest absolute Gasteiger partial charge is 0.396 e. The number of carbonyl (C=O) groups excluding carboxylic acids is 1. The lowest BCUT2D eigenvalue weighted by molar-refractivity contribution is -0.388. The van der Waals surface area contributed by atoms with Crippen molar-refractivity contribution in [2.45, 2.75) is 30.4 Å². The molecule has 3 nitrogen and oxygen atoms in total. The fourth-order valence-corrected chi connectivity index (χ4v) is 0.910. The van der Waals surface area contributed by atoms with Crippen molar-refractivity contribution in [3.8, 4) is 0 Å². The number of rotatable bonds is 6. The summed E-state index contributed by atoms with van der Waals surface area (Å²) in [5.74, 6) is -23.4. The van der Waals surface area contributed by atoms with Gasteiger partial charge in [0, 0.05) is 13.2 Å². The molecular weight excluding hydrogens is 313 g/mol. The second-order valence-electron chi connectivity index (χ2n) is 3.55. The number of alkyl halides is 9. The minimum Gasteiger partial charge on any atom is -0.396 e. The molecule has 2 N–H and O–H groups in total. The van der Waals surface area contributed by atoms with Gasteiger partial charge in [0.25, 0.3) is 5.91 Å². The SMILES string of the molecule is O=C(NCCCO)C(F)(F)C(F)(F)C(F)(F)C(F)(F)F. The van der Waals surface area contributed by atoms with E-state index in [-0.39, 0.29) is 6.42 Å². The topological polar surface area (TPSA) is 49.3 Å². The van der Waals surface area contributed by atoms with E-state index in [1.165, 1.54) is 0 Å². The third-order valence-electron chi connectivity index (χ3n) is 2.05. The second-order valence-corrected chi connectivity index (χ2v) is 3.55. The molecule has 1 amide bonds. The van der Waals surface area contributed by atoms with Gasteiger partial charge in [0.2, 0.25) is 0 Å². The van der Waals surface area contributed by atoms with Gasteiger partial charge in [0.05, 0.1) is 0 Å². The van der Waals surface area contributed by atoms with E-state index in [0.717, 1.165) is 5.32 Å². The molecule has 0 bridgehead atoms. The van der Waals surface area contributed by atoms with E-state index >= 15 is 0 Å². The van der Waals surface area contributed by atoms with Crippen LogP contribution in [0.4, 0.5) is 39.5 Å². The fourth-order valence-electron chi connectivity index (χ4n) is 0.910. The maximum Gasteiger partial charge on any atom is 0.460 e. The van der Waals surface area contributed by atoms with E-state index in [0.29, 0.717) is 0 Å². The normalized spacial score (nSPS) is 14.3. The first-order valence-corrected chi connectivity index (χ1v) is 4.82. The standard InChI is InChI=1S/C8H8F9NO2/c9-5(10,4(20)18-2-1-3-19)6(11,12)7(13,14)8(15,16)17/h19H,1-3H2,(H,18,20). The third kappa shape index (κ3) is 3.10. The molecule has 0 aliphatic rings. The molecule has 120 valence electrons. The van der Waals surface area contributed by atoms with Crippen LogP contribution in [-0.2, 0) is 4.79 Å². The maximum atomic E-state index is 12.8. The first-order valence-electron chi connectivity index (χ1n) is 4.82. The Kier molecular flexibility index (Phi) is 5.32. The van der Waals surface area contributed by atoms with E-state index in [2.05, 4.69) is 0 Å². The molecule has 0 heterocycles. The predicted molar refractivity (Wildman–Crippen MR) is 45.6 cm³/mol. The summed E-state index contributed by atoms with van der Waals surface area (Å²) >= 11 is 0. The van der Waals surface area contributed by atoms with Gasteiger partial charge in [-0.15, -0.1) is 0 Å². The third-order valence-corrected chi connectivity index (χ3v) is 2.05. The Morgan fingerprint density at radius 2 is 1.35 bits per heavy atom. The van der Waals surface area contributed by atoms with Gasteiger partial charge in [0.15, 0.2) is 0 Å². The lowest BCUT2D eigenvalue weighted by Gasteiger charge is -2.32. The molecule has 0 unspecified atom stereocenters. The molecule has 0 aliphatic heterocycles. The number of aliphatic hydroxyl groups excluding tert-OH is 1. The van der Waals surface area contributed by atoms with Crippen molar-refractivity contribution in [2.75, 3.05) is 13.2 Å². The summed E-state index contributed by atoms with van der Waals surface area (Å²) in [5, 5.41) is 9.25. The van der Waals surface area contributed by atoms with Crippen LogP contribution in [0.3, 0.4) is 0 Å². The number of halogens is 9. The molecule has 0 radical (unpaired) electrons. The Bertz CT molecular complexity index is 352. The van der Waals surface area contributed by atoms with Crippen molar-refractivity contribution in [3.05, 3.63) is 0 Å². The monoisotopic (exact) mass is 321 g/mol. The largest absolute Gasteiger partial charge is 0.460 e. The molecule has 0 spiro atoms. The number of hydrogen-bond donors (Lipinski definition) is 2. The number of amides is 1. The summed E-state index contributed by atoms with van der Waals surface area (Å²) in [4.78, 5) is 10.6. The van der Waals surface area contributed by atoms with Gasteiger partial charge in [-0.2, -0.15) is 39.5 Å².